The number of Topliss-reactive ketones (excluding diaryl/α,β-unsaturated/α-hetero) is 1. The zero-order valence-corrected chi connectivity index (χ0v) is 5.49. The summed E-state index contributed by atoms with van der Waals surface area (Å²) in [4.78, 5) is 11.0. The van der Waals surface area contributed by atoms with Crippen LogP contribution in [0.2, 0.25) is 0 Å². The Bertz CT molecular complexity index is 231. The number of hydrogen-bond acceptors (Lipinski definition) is 2. The zero-order valence-electron chi connectivity index (χ0n) is 5.49. The van der Waals surface area contributed by atoms with Gasteiger partial charge in [0.1, 0.15) is 5.78 Å². The van der Waals surface area contributed by atoms with Crippen molar-refractivity contribution in [3.8, 4) is 0 Å². The molecule has 0 aromatic rings. The summed E-state index contributed by atoms with van der Waals surface area (Å²) in [6.45, 7) is 0. The topological polar surface area (TPSA) is 26.3 Å². The van der Waals surface area contributed by atoms with Crippen LogP contribution in [-0.2, 0) is 9.53 Å². The Hall–Kier alpha value is -0.630. The first-order chi connectivity index (χ1) is 4.86. The molecule has 2 heteroatoms. The van der Waals surface area contributed by atoms with Crippen molar-refractivity contribution in [3.05, 3.63) is 12.2 Å². The molecule has 1 aliphatic carbocycles. The Morgan fingerprint density at radius 2 is 2.20 bits per heavy atom. The van der Waals surface area contributed by atoms with E-state index in [1.165, 1.54) is 0 Å². The Balaban J connectivity index is 2.03. The largest absolute Gasteiger partial charge is 0.366 e. The molecule has 0 N–H and O–H groups in total. The van der Waals surface area contributed by atoms with E-state index < -0.39 is 0 Å². The first-order valence-electron chi connectivity index (χ1n) is 3.73. The van der Waals surface area contributed by atoms with Gasteiger partial charge in [-0.15, -0.1) is 0 Å². The third kappa shape index (κ3) is 0.372. The Morgan fingerprint density at radius 3 is 2.80 bits per heavy atom. The van der Waals surface area contributed by atoms with Gasteiger partial charge in [0.25, 0.3) is 0 Å². The van der Waals surface area contributed by atoms with Gasteiger partial charge in [-0.1, -0.05) is 12.2 Å². The normalized spacial score (nSPS) is 55.0. The van der Waals surface area contributed by atoms with Crippen LogP contribution in [0.1, 0.15) is 6.42 Å². The molecule has 2 fully saturated rings. The SMILES string of the molecule is O=C1C[C@H]2[C@@H]1[C@@H]1C=C[C@H]2O1. The second-order valence-electron chi connectivity index (χ2n) is 3.31. The molecule has 1 saturated heterocycles. The van der Waals surface area contributed by atoms with E-state index in [1.54, 1.807) is 0 Å². The van der Waals surface area contributed by atoms with Gasteiger partial charge >= 0.3 is 0 Å². The van der Waals surface area contributed by atoms with Gasteiger partial charge in [0, 0.05) is 12.3 Å². The van der Waals surface area contributed by atoms with E-state index in [0.717, 1.165) is 6.42 Å². The molecule has 52 valence electrons. The van der Waals surface area contributed by atoms with Crippen LogP contribution < -0.4 is 0 Å². The van der Waals surface area contributed by atoms with Gasteiger partial charge in [0.15, 0.2) is 0 Å². The Labute approximate surface area is 58.9 Å². The predicted molar refractivity (Wildman–Crippen MR) is 34.4 cm³/mol. The second kappa shape index (κ2) is 1.35. The fourth-order valence-corrected chi connectivity index (χ4v) is 2.26. The van der Waals surface area contributed by atoms with Crippen LogP contribution in [0, 0.1) is 11.8 Å². The number of carbonyl (C=O) groups excluding carboxylic acids is 1. The summed E-state index contributed by atoms with van der Waals surface area (Å²) in [5.74, 6) is 1.19. The molecule has 0 amide bonds. The van der Waals surface area contributed by atoms with Crippen molar-refractivity contribution in [2.75, 3.05) is 0 Å². The molecule has 0 spiro atoms. The average Bonchev–Trinajstić information content (AvgIpc) is 2.40. The summed E-state index contributed by atoms with van der Waals surface area (Å²) in [5.41, 5.74) is 0. The highest BCUT2D eigenvalue weighted by Crippen LogP contribution is 2.48. The highest BCUT2D eigenvalue weighted by molar-refractivity contribution is 5.89. The van der Waals surface area contributed by atoms with Crippen LogP contribution in [0.3, 0.4) is 0 Å². The predicted octanol–water partition coefficient (Wildman–Crippen LogP) is 0.529. The van der Waals surface area contributed by atoms with E-state index in [9.17, 15) is 4.79 Å². The maximum absolute atomic E-state index is 11.0. The van der Waals surface area contributed by atoms with Gasteiger partial charge in [-0.05, 0) is 0 Å². The van der Waals surface area contributed by atoms with Crippen LogP contribution in [0.15, 0.2) is 12.2 Å². The third-order valence-electron chi connectivity index (χ3n) is 2.85. The number of hydrogen-bond donors (Lipinski definition) is 0. The lowest BCUT2D eigenvalue weighted by molar-refractivity contribution is -0.133. The minimum absolute atomic E-state index is 0.149. The van der Waals surface area contributed by atoms with E-state index in [-0.39, 0.29) is 18.1 Å². The van der Waals surface area contributed by atoms with Crippen LogP contribution in [0.5, 0.6) is 0 Å². The summed E-state index contributed by atoms with van der Waals surface area (Å²) >= 11 is 0. The second-order valence-corrected chi connectivity index (χ2v) is 3.31. The molecule has 2 bridgehead atoms. The van der Waals surface area contributed by atoms with Gasteiger partial charge in [-0.25, -0.2) is 0 Å². The molecule has 3 rings (SSSR count). The Kier molecular flexibility index (Phi) is 0.684. The van der Waals surface area contributed by atoms with Crippen molar-refractivity contribution in [2.45, 2.75) is 18.6 Å². The van der Waals surface area contributed by atoms with Crippen molar-refractivity contribution in [1.82, 2.24) is 0 Å². The Morgan fingerprint density at radius 1 is 1.40 bits per heavy atom. The molecular formula is C8H8O2. The third-order valence-corrected chi connectivity index (χ3v) is 2.85. The van der Waals surface area contributed by atoms with Crippen molar-refractivity contribution in [1.29, 1.82) is 0 Å². The summed E-state index contributed by atoms with van der Waals surface area (Å²) in [5, 5.41) is 0. The molecule has 10 heavy (non-hydrogen) atoms. The maximum Gasteiger partial charge on any atom is 0.139 e. The number of ether oxygens (including phenoxy) is 1. The summed E-state index contributed by atoms with van der Waals surface area (Å²) < 4.78 is 5.50. The van der Waals surface area contributed by atoms with Gasteiger partial charge in [-0.2, -0.15) is 0 Å². The maximum atomic E-state index is 11.0. The van der Waals surface area contributed by atoms with Gasteiger partial charge in [0.05, 0.1) is 18.1 Å². The van der Waals surface area contributed by atoms with E-state index in [2.05, 4.69) is 6.08 Å². The monoisotopic (exact) mass is 136 g/mol. The lowest BCUT2D eigenvalue weighted by Crippen LogP contribution is -2.42. The molecule has 0 aromatic carbocycles. The van der Waals surface area contributed by atoms with E-state index in [4.69, 9.17) is 4.74 Å². The number of ketones is 1. The molecule has 2 nitrogen and oxygen atoms in total. The number of carbonyl (C=O) groups is 1. The quantitative estimate of drug-likeness (QED) is 0.454. The van der Waals surface area contributed by atoms with Crippen molar-refractivity contribution in [2.24, 2.45) is 11.8 Å². The van der Waals surface area contributed by atoms with E-state index >= 15 is 0 Å². The highest BCUT2D eigenvalue weighted by Gasteiger charge is 2.56. The lowest BCUT2D eigenvalue weighted by Gasteiger charge is -2.32. The average molecular weight is 136 g/mol. The van der Waals surface area contributed by atoms with Crippen LogP contribution in [-0.4, -0.2) is 18.0 Å². The van der Waals surface area contributed by atoms with E-state index in [0.29, 0.717) is 11.7 Å². The highest BCUT2D eigenvalue weighted by atomic mass is 16.5. The van der Waals surface area contributed by atoms with Gasteiger partial charge < -0.3 is 4.74 Å². The summed E-state index contributed by atoms with van der Waals surface area (Å²) in [7, 11) is 0. The first-order valence-corrected chi connectivity index (χ1v) is 3.73. The standard InChI is InChI=1S/C8H8O2/c9-5-3-4-6-1-2-7(10-6)8(4)5/h1-2,4,6-8H,3H2/t4-,6-,7+,8+/m1/s1. The lowest BCUT2D eigenvalue weighted by atomic mass is 9.67. The zero-order chi connectivity index (χ0) is 6.72. The van der Waals surface area contributed by atoms with Crippen molar-refractivity contribution in [3.63, 3.8) is 0 Å². The number of rotatable bonds is 0. The fourth-order valence-electron chi connectivity index (χ4n) is 2.26. The van der Waals surface area contributed by atoms with E-state index in [1.807, 2.05) is 6.08 Å². The molecule has 3 aliphatic rings. The van der Waals surface area contributed by atoms with Crippen molar-refractivity contribution >= 4 is 5.78 Å². The minimum atomic E-state index is 0.149. The van der Waals surface area contributed by atoms with Crippen molar-refractivity contribution < 1.29 is 9.53 Å². The van der Waals surface area contributed by atoms with Gasteiger partial charge in [-0.3, -0.25) is 4.79 Å². The summed E-state index contributed by atoms with van der Waals surface area (Å²) in [6, 6.07) is 0. The molecule has 0 radical (unpaired) electrons. The van der Waals surface area contributed by atoms with Crippen LogP contribution in [0.4, 0.5) is 0 Å². The molecule has 2 heterocycles. The van der Waals surface area contributed by atoms with Crippen LogP contribution >= 0.6 is 0 Å². The molecule has 0 unspecified atom stereocenters. The fraction of sp³-hybridized carbons (Fsp3) is 0.625. The molecule has 4 atom stereocenters. The summed E-state index contributed by atoms with van der Waals surface area (Å²) in [6.07, 6.45) is 5.32. The smallest absolute Gasteiger partial charge is 0.139 e. The van der Waals surface area contributed by atoms with Crippen LogP contribution in [0.25, 0.3) is 0 Å². The molecular weight excluding hydrogens is 128 g/mol. The first kappa shape index (κ1) is 5.08. The molecule has 0 aromatic heterocycles. The molecule has 1 saturated carbocycles. The minimum Gasteiger partial charge on any atom is -0.366 e. The number of fused-ring (bicyclic) bond motifs is 5. The molecule has 2 aliphatic heterocycles. The van der Waals surface area contributed by atoms with Gasteiger partial charge in [0.2, 0.25) is 0 Å².